The first-order valence-corrected chi connectivity index (χ1v) is 10.9. The molecule has 0 radical (unpaired) electrons. The van der Waals surface area contributed by atoms with Crippen LogP contribution >= 0.6 is 0 Å². The fraction of sp³-hybridized carbons (Fsp3) is 0.231. The zero-order chi connectivity index (χ0) is 22.5. The van der Waals surface area contributed by atoms with Crippen molar-refractivity contribution in [3.05, 3.63) is 89.5 Å². The molecule has 1 aliphatic carbocycles. The lowest BCUT2D eigenvalue weighted by Gasteiger charge is -2.09. The molecule has 1 saturated carbocycles. The Bertz CT molecular complexity index is 1090. The van der Waals surface area contributed by atoms with E-state index in [0.717, 1.165) is 30.5 Å². The first kappa shape index (κ1) is 21.6. The number of hydrogen-bond donors (Lipinski definition) is 4. The van der Waals surface area contributed by atoms with Crippen LogP contribution in [0.25, 0.3) is 0 Å². The standard InChI is InChI=1S/C26H28N4O2/c27-22-5-1-2-6-24(22)30-26(32)19-10-8-17(9-11-19)4-3-7-25(31)29-20-14-12-18(13-15-20)21-16-23(21)28/h1-2,5-6,8-15,21,23H,3-4,7,16,27-28H2,(H,29,31)(H,30,32). The number of nitrogen functional groups attached to an aromatic ring is 1. The van der Waals surface area contributed by atoms with E-state index in [9.17, 15) is 9.59 Å². The predicted molar refractivity (Wildman–Crippen MR) is 129 cm³/mol. The van der Waals surface area contributed by atoms with Gasteiger partial charge in [0.15, 0.2) is 0 Å². The van der Waals surface area contributed by atoms with Crippen LogP contribution in [0.2, 0.25) is 0 Å². The molecule has 0 bridgehead atoms. The summed E-state index contributed by atoms with van der Waals surface area (Å²) in [5.41, 5.74) is 16.6. The van der Waals surface area contributed by atoms with Crippen LogP contribution in [0.3, 0.4) is 0 Å². The van der Waals surface area contributed by atoms with E-state index in [1.54, 1.807) is 24.3 Å². The van der Waals surface area contributed by atoms with E-state index in [4.69, 9.17) is 11.5 Å². The Hall–Kier alpha value is -3.64. The third kappa shape index (κ3) is 5.53. The second-order valence-electron chi connectivity index (χ2n) is 8.27. The molecule has 6 heteroatoms. The molecule has 0 saturated heterocycles. The van der Waals surface area contributed by atoms with Crippen LogP contribution in [0.5, 0.6) is 0 Å². The van der Waals surface area contributed by atoms with Crippen molar-refractivity contribution in [3.8, 4) is 0 Å². The minimum Gasteiger partial charge on any atom is -0.397 e. The summed E-state index contributed by atoms with van der Waals surface area (Å²) in [6, 6.07) is 22.8. The highest BCUT2D eigenvalue weighted by Crippen LogP contribution is 2.39. The van der Waals surface area contributed by atoms with E-state index in [0.29, 0.717) is 29.3 Å². The molecule has 0 aliphatic heterocycles. The number of anilines is 3. The van der Waals surface area contributed by atoms with Crippen LogP contribution in [-0.4, -0.2) is 17.9 Å². The molecule has 2 amide bonds. The lowest BCUT2D eigenvalue weighted by Crippen LogP contribution is -2.13. The van der Waals surface area contributed by atoms with Crippen LogP contribution in [0.15, 0.2) is 72.8 Å². The average molecular weight is 429 g/mol. The van der Waals surface area contributed by atoms with Crippen LogP contribution < -0.4 is 22.1 Å². The summed E-state index contributed by atoms with van der Waals surface area (Å²) in [5.74, 6) is 0.259. The third-order valence-corrected chi connectivity index (χ3v) is 5.76. The molecular formula is C26H28N4O2. The molecular weight excluding hydrogens is 400 g/mol. The minimum atomic E-state index is -0.205. The Morgan fingerprint density at radius 1 is 0.906 bits per heavy atom. The fourth-order valence-corrected chi connectivity index (χ4v) is 3.72. The molecule has 2 unspecified atom stereocenters. The molecule has 4 rings (SSSR count). The molecule has 1 fully saturated rings. The first-order chi connectivity index (χ1) is 15.5. The van der Waals surface area contributed by atoms with Gasteiger partial charge < -0.3 is 22.1 Å². The van der Waals surface area contributed by atoms with Gasteiger partial charge in [-0.3, -0.25) is 9.59 Å². The number of benzene rings is 3. The van der Waals surface area contributed by atoms with Crippen LogP contribution in [0.1, 0.15) is 46.7 Å². The number of aryl methyl sites for hydroxylation is 1. The summed E-state index contributed by atoms with van der Waals surface area (Å²) in [7, 11) is 0. The van der Waals surface area contributed by atoms with Crippen molar-refractivity contribution in [2.75, 3.05) is 16.4 Å². The summed E-state index contributed by atoms with van der Waals surface area (Å²) in [5, 5.41) is 5.76. The second-order valence-corrected chi connectivity index (χ2v) is 8.27. The molecule has 1 aliphatic rings. The zero-order valence-electron chi connectivity index (χ0n) is 17.9. The molecule has 0 spiro atoms. The third-order valence-electron chi connectivity index (χ3n) is 5.76. The number of carbonyl (C=O) groups excluding carboxylic acids is 2. The Labute approximate surface area is 188 Å². The molecule has 6 nitrogen and oxygen atoms in total. The first-order valence-electron chi connectivity index (χ1n) is 10.9. The number of amides is 2. The van der Waals surface area contributed by atoms with Crippen molar-refractivity contribution in [2.45, 2.75) is 37.6 Å². The Balaban J connectivity index is 1.21. The molecule has 3 aromatic carbocycles. The molecule has 164 valence electrons. The number of carbonyl (C=O) groups is 2. The van der Waals surface area contributed by atoms with Crippen molar-refractivity contribution in [1.29, 1.82) is 0 Å². The topological polar surface area (TPSA) is 110 Å². The number of nitrogens with one attached hydrogen (secondary N) is 2. The van der Waals surface area contributed by atoms with Gasteiger partial charge in [-0.15, -0.1) is 0 Å². The highest BCUT2D eigenvalue weighted by Gasteiger charge is 2.34. The molecule has 32 heavy (non-hydrogen) atoms. The van der Waals surface area contributed by atoms with E-state index in [1.165, 1.54) is 5.56 Å². The van der Waals surface area contributed by atoms with Gasteiger partial charge in [0, 0.05) is 29.6 Å². The van der Waals surface area contributed by atoms with Gasteiger partial charge in [-0.1, -0.05) is 36.4 Å². The number of nitrogens with two attached hydrogens (primary N) is 2. The molecule has 0 heterocycles. The summed E-state index contributed by atoms with van der Waals surface area (Å²) in [4.78, 5) is 24.6. The van der Waals surface area contributed by atoms with Crippen molar-refractivity contribution < 1.29 is 9.59 Å². The summed E-state index contributed by atoms with van der Waals surface area (Å²) < 4.78 is 0. The van der Waals surface area contributed by atoms with Crippen molar-refractivity contribution in [3.63, 3.8) is 0 Å². The normalized spacial score (nSPS) is 16.9. The Morgan fingerprint density at radius 2 is 1.59 bits per heavy atom. The lowest BCUT2D eigenvalue weighted by atomic mass is 10.1. The smallest absolute Gasteiger partial charge is 0.255 e. The number of para-hydroxylation sites is 2. The summed E-state index contributed by atoms with van der Waals surface area (Å²) >= 11 is 0. The van der Waals surface area contributed by atoms with Gasteiger partial charge in [-0.05, 0) is 66.8 Å². The van der Waals surface area contributed by atoms with Gasteiger partial charge in [0.1, 0.15) is 0 Å². The zero-order valence-corrected chi connectivity index (χ0v) is 17.9. The lowest BCUT2D eigenvalue weighted by molar-refractivity contribution is -0.116. The predicted octanol–water partition coefficient (Wildman–Crippen LogP) is 4.30. The number of rotatable bonds is 8. The Kier molecular flexibility index (Phi) is 6.52. The SMILES string of the molecule is Nc1ccccc1NC(=O)c1ccc(CCCC(=O)Nc2ccc(C3CC3N)cc2)cc1. The van der Waals surface area contributed by atoms with Gasteiger partial charge in [0.05, 0.1) is 11.4 Å². The maximum Gasteiger partial charge on any atom is 0.255 e. The van der Waals surface area contributed by atoms with Gasteiger partial charge >= 0.3 is 0 Å². The largest absolute Gasteiger partial charge is 0.397 e. The van der Waals surface area contributed by atoms with E-state index >= 15 is 0 Å². The highest BCUT2D eigenvalue weighted by atomic mass is 16.2. The summed E-state index contributed by atoms with van der Waals surface area (Å²) in [6.45, 7) is 0. The van der Waals surface area contributed by atoms with E-state index in [-0.39, 0.29) is 17.9 Å². The van der Waals surface area contributed by atoms with Crippen molar-refractivity contribution >= 4 is 28.9 Å². The van der Waals surface area contributed by atoms with E-state index in [1.807, 2.05) is 48.5 Å². The molecule has 2 atom stereocenters. The highest BCUT2D eigenvalue weighted by molar-refractivity contribution is 6.05. The van der Waals surface area contributed by atoms with Crippen LogP contribution in [-0.2, 0) is 11.2 Å². The van der Waals surface area contributed by atoms with Gasteiger partial charge in [0.25, 0.3) is 5.91 Å². The second kappa shape index (κ2) is 9.66. The molecule has 0 aromatic heterocycles. The monoisotopic (exact) mass is 428 g/mol. The number of hydrogen-bond acceptors (Lipinski definition) is 4. The van der Waals surface area contributed by atoms with Crippen LogP contribution in [0, 0.1) is 0 Å². The maximum atomic E-state index is 12.4. The minimum absolute atomic E-state index is 0.00248. The van der Waals surface area contributed by atoms with Gasteiger partial charge in [-0.2, -0.15) is 0 Å². The van der Waals surface area contributed by atoms with Gasteiger partial charge in [-0.25, -0.2) is 0 Å². The average Bonchev–Trinajstić information content (AvgIpc) is 3.53. The van der Waals surface area contributed by atoms with Crippen LogP contribution in [0.4, 0.5) is 17.1 Å². The fourth-order valence-electron chi connectivity index (χ4n) is 3.72. The van der Waals surface area contributed by atoms with E-state index < -0.39 is 0 Å². The Morgan fingerprint density at radius 3 is 2.25 bits per heavy atom. The quantitative estimate of drug-likeness (QED) is 0.401. The van der Waals surface area contributed by atoms with E-state index in [2.05, 4.69) is 10.6 Å². The maximum absolute atomic E-state index is 12.4. The molecule has 3 aromatic rings. The van der Waals surface area contributed by atoms with Crippen molar-refractivity contribution in [2.24, 2.45) is 5.73 Å². The van der Waals surface area contributed by atoms with Crippen molar-refractivity contribution in [1.82, 2.24) is 0 Å². The van der Waals surface area contributed by atoms with Gasteiger partial charge in [0.2, 0.25) is 5.91 Å². The molecule has 6 N–H and O–H groups in total. The summed E-state index contributed by atoms with van der Waals surface area (Å²) in [6.07, 6.45) is 2.97.